The van der Waals surface area contributed by atoms with Crippen LogP contribution in [-0.4, -0.2) is 30.2 Å². The van der Waals surface area contributed by atoms with Crippen molar-refractivity contribution in [2.45, 2.75) is 52.1 Å². The number of nitrogens with zero attached hydrogens (tertiary/aromatic N) is 1. The summed E-state index contributed by atoms with van der Waals surface area (Å²) in [7, 11) is 0. The summed E-state index contributed by atoms with van der Waals surface area (Å²) in [6, 6.07) is 0. The minimum Gasteiger partial charge on any atom is -0.447 e. The van der Waals surface area contributed by atoms with Crippen LogP contribution < -0.4 is 0 Å². The van der Waals surface area contributed by atoms with Crippen LogP contribution in [-0.2, 0) is 4.74 Å². The molecule has 14 heavy (non-hydrogen) atoms. The van der Waals surface area contributed by atoms with Crippen LogP contribution in [0.5, 0.6) is 0 Å². The first-order chi connectivity index (χ1) is 6.70. The summed E-state index contributed by atoms with van der Waals surface area (Å²) in [5.41, 5.74) is 0. The van der Waals surface area contributed by atoms with E-state index in [4.69, 9.17) is 4.74 Å². The van der Waals surface area contributed by atoms with Crippen molar-refractivity contribution in [2.24, 2.45) is 0 Å². The van der Waals surface area contributed by atoms with Crippen LogP contribution >= 0.6 is 0 Å². The van der Waals surface area contributed by atoms with E-state index in [1.807, 2.05) is 18.7 Å². The van der Waals surface area contributed by atoms with Crippen molar-refractivity contribution < 1.29 is 9.53 Å². The Balaban J connectivity index is 2.35. The number of likely N-dealkylation sites (tertiary alicyclic amines) is 1. The molecule has 1 amide bonds. The second-order valence-electron chi connectivity index (χ2n) is 4.19. The Kier molecular flexibility index (Phi) is 4.77. The molecule has 1 saturated heterocycles. The smallest absolute Gasteiger partial charge is 0.410 e. The summed E-state index contributed by atoms with van der Waals surface area (Å²) in [6.07, 6.45) is 5.89. The maximum absolute atomic E-state index is 11.6. The summed E-state index contributed by atoms with van der Waals surface area (Å²) in [4.78, 5) is 13.4. The Hall–Kier alpha value is -0.730. The molecule has 0 aromatic heterocycles. The number of rotatable bonds is 1. The minimum atomic E-state index is -0.137. The third-order valence-corrected chi connectivity index (χ3v) is 2.45. The molecule has 1 rings (SSSR count). The van der Waals surface area contributed by atoms with Gasteiger partial charge in [-0.2, -0.15) is 0 Å². The molecule has 0 unspecified atom stereocenters. The van der Waals surface area contributed by atoms with Crippen LogP contribution in [0.2, 0.25) is 0 Å². The zero-order chi connectivity index (χ0) is 10.4. The van der Waals surface area contributed by atoms with E-state index >= 15 is 0 Å². The van der Waals surface area contributed by atoms with Gasteiger partial charge in [-0.25, -0.2) is 4.79 Å². The van der Waals surface area contributed by atoms with Gasteiger partial charge in [-0.05, 0) is 26.7 Å². The molecule has 1 heterocycles. The maximum atomic E-state index is 11.6. The van der Waals surface area contributed by atoms with E-state index < -0.39 is 0 Å². The second-order valence-corrected chi connectivity index (χ2v) is 4.19. The molecule has 0 spiro atoms. The molecule has 0 radical (unpaired) electrons. The van der Waals surface area contributed by atoms with Gasteiger partial charge in [0.2, 0.25) is 0 Å². The van der Waals surface area contributed by atoms with Crippen LogP contribution in [0.25, 0.3) is 0 Å². The molecular weight excluding hydrogens is 178 g/mol. The fraction of sp³-hybridized carbons (Fsp3) is 0.909. The summed E-state index contributed by atoms with van der Waals surface area (Å²) < 4.78 is 5.17. The molecule has 0 N–H and O–H groups in total. The van der Waals surface area contributed by atoms with E-state index in [1.54, 1.807) is 0 Å². The highest BCUT2D eigenvalue weighted by molar-refractivity contribution is 5.67. The van der Waals surface area contributed by atoms with Crippen molar-refractivity contribution in [1.29, 1.82) is 0 Å². The minimum absolute atomic E-state index is 0.00654. The summed E-state index contributed by atoms with van der Waals surface area (Å²) in [5, 5.41) is 0. The Morgan fingerprint density at radius 2 is 1.57 bits per heavy atom. The first-order valence-corrected chi connectivity index (χ1v) is 5.65. The van der Waals surface area contributed by atoms with E-state index in [0.29, 0.717) is 0 Å². The Morgan fingerprint density at radius 1 is 1.07 bits per heavy atom. The topological polar surface area (TPSA) is 29.5 Å². The van der Waals surface area contributed by atoms with E-state index in [1.165, 1.54) is 19.3 Å². The molecule has 1 aliphatic heterocycles. The van der Waals surface area contributed by atoms with Crippen molar-refractivity contribution >= 4 is 6.09 Å². The van der Waals surface area contributed by atoms with E-state index in [-0.39, 0.29) is 12.2 Å². The van der Waals surface area contributed by atoms with Crippen LogP contribution in [0, 0.1) is 0 Å². The van der Waals surface area contributed by atoms with Crippen LogP contribution in [0.3, 0.4) is 0 Å². The number of hydrogen-bond donors (Lipinski definition) is 0. The maximum Gasteiger partial charge on any atom is 0.410 e. The van der Waals surface area contributed by atoms with Gasteiger partial charge in [0.15, 0.2) is 0 Å². The molecule has 1 fully saturated rings. The van der Waals surface area contributed by atoms with Gasteiger partial charge < -0.3 is 9.64 Å². The highest BCUT2D eigenvalue weighted by Crippen LogP contribution is 2.11. The lowest BCUT2D eigenvalue weighted by molar-refractivity contribution is 0.0743. The predicted octanol–water partition coefficient (Wildman–Crippen LogP) is 2.80. The Morgan fingerprint density at radius 3 is 2.07 bits per heavy atom. The second kappa shape index (κ2) is 5.89. The van der Waals surface area contributed by atoms with Gasteiger partial charge >= 0.3 is 6.09 Å². The van der Waals surface area contributed by atoms with E-state index in [2.05, 4.69) is 0 Å². The SMILES string of the molecule is CC(C)OC(=O)N1CCCCCCC1. The van der Waals surface area contributed by atoms with E-state index in [0.717, 1.165) is 25.9 Å². The lowest BCUT2D eigenvalue weighted by Crippen LogP contribution is -2.35. The van der Waals surface area contributed by atoms with Crippen molar-refractivity contribution in [1.82, 2.24) is 4.90 Å². The van der Waals surface area contributed by atoms with Gasteiger partial charge in [-0.3, -0.25) is 0 Å². The molecule has 3 heteroatoms. The molecule has 3 nitrogen and oxygen atoms in total. The van der Waals surface area contributed by atoms with Crippen LogP contribution in [0.4, 0.5) is 4.79 Å². The van der Waals surface area contributed by atoms with Crippen molar-refractivity contribution in [3.63, 3.8) is 0 Å². The highest BCUT2D eigenvalue weighted by atomic mass is 16.6. The summed E-state index contributed by atoms with van der Waals surface area (Å²) >= 11 is 0. The van der Waals surface area contributed by atoms with Crippen LogP contribution in [0.15, 0.2) is 0 Å². The van der Waals surface area contributed by atoms with Gasteiger partial charge in [0.25, 0.3) is 0 Å². The lowest BCUT2D eigenvalue weighted by Gasteiger charge is -2.24. The predicted molar refractivity (Wildman–Crippen MR) is 56.3 cm³/mol. The van der Waals surface area contributed by atoms with Gasteiger partial charge in [-0.15, -0.1) is 0 Å². The molecule has 82 valence electrons. The van der Waals surface area contributed by atoms with Crippen molar-refractivity contribution in [3.8, 4) is 0 Å². The fourth-order valence-corrected chi connectivity index (χ4v) is 1.71. The fourth-order valence-electron chi connectivity index (χ4n) is 1.71. The van der Waals surface area contributed by atoms with Crippen LogP contribution in [0.1, 0.15) is 46.0 Å². The molecule has 0 saturated carbocycles. The monoisotopic (exact) mass is 199 g/mol. The van der Waals surface area contributed by atoms with E-state index in [9.17, 15) is 4.79 Å². The first-order valence-electron chi connectivity index (χ1n) is 5.65. The third kappa shape index (κ3) is 3.99. The molecule has 0 aromatic carbocycles. The van der Waals surface area contributed by atoms with Gasteiger partial charge in [0, 0.05) is 13.1 Å². The quantitative estimate of drug-likeness (QED) is 0.650. The van der Waals surface area contributed by atoms with Crippen molar-refractivity contribution in [3.05, 3.63) is 0 Å². The number of carbonyl (C=O) groups excluding carboxylic acids is 1. The number of amides is 1. The van der Waals surface area contributed by atoms with Gasteiger partial charge in [0.05, 0.1) is 6.10 Å². The number of carbonyl (C=O) groups is 1. The Bertz CT molecular complexity index is 172. The van der Waals surface area contributed by atoms with Gasteiger partial charge in [0.1, 0.15) is 0 Å². The highest BCUT2D eigenvalue weighted by Gasteiger charge is 2.16. The number of hydrogen-bond acceptors (Lipinski definition) is 2. The first kappa shape index (κ1) is 11.3. The molecule has 1 aliphatic rings. The third-order valence-electron chi connectivity index (χ3n) is 2.45. The lowest BCUT2D eigenvalue weighted by atomic mass is 10.1. The normalized spacial score (nSPS) is 18.9. The average Bonchev–Trinajstić information content (AvgIpc) is 2.00. The molecule has 0 atom stereocenters. The molecular formula is C11H21NO2. The average molecular weight is 199 g/mol. The largest absolute Gasteiger partial charge is 0.447 e. The zero-order valence-corrected chi connectivity index (χ0v) is 9.29. The van der Waals surface area contributed by atoms with Crippen molar-refractivity contribution in [2.75, 3.05) is 13.1 Å². The number of ether oxygens (including phenoxy) is 1. The standard InChI is InChI=1S/C11H21NO2/c1-10(2)14-11(13)12-8-6-4-3-5-7-9-12/h10H,3-9H2,1-2H3. The molecule has 0 bridgehead atoms. The summed E-state index contributed by atoms with van der Waals surface area (Å²) in [5.74, 6) is 0. The summed E-state index contributed by atoms with van der Waals surface area (Å²) in [6.45, 7) is 5.51. The molecule has 0 aliphatic carbocycles. The zero-order valence-electron chi connectivity index (χ0n) is 9.29. The molecule has 0 aromatic rings. The van der Waals surface area contributed by atoms with Gasteiger partial charge in [-0.1, -0.05) is 19.3 Å². The Labute approximate surface area is 86.4 Å².